The first-order valence-corrected chi connectivity index (χ1v) is 6.71. The third-order valence-corrected chi connectivity index (χ3v) is 3.50. The predicted molar refractivity (Wildman–Crippen MR) is 73.1 cm³/mol. The van der Waals surface area contributed by atoms with Crippen molar-refractivity contribution in [3.05, 3.63) is 36.0 Å². The Balaban J connectivity index is 1.79. The maximum Gasteiger partial charge on any atom is 0.311 e. The van der Waals surface area contributed by atoms with Gasteiger partial charge in [-0.3, -0.25) is 4.79 Å². The Morgan fingerprint density at radius 2 is 1.90 bits per heavy atom. The number of carbonyl (C=O) groups is 1. The number of hydrogen-bond acceptors (Lipinski definition) is 5. The van der Waals surface area contributed by atoms with Gasteiger partial charge in [-0.2, -0.15) is 0 Å². The minimum atomic E-state index is -0.459. The van der Waals surface area contributed by atoms with Crippen molar-refractivity contribution in [2.75, 3.05) is 33.2 Å². The molecule has 21 heavy (non-hydrogen) atoms. The first-order valence-electron chi connectivity index (χ1n) is 6.71. The maximum absolute atomic E-state index is 13.7. The third kappa shape index (κ3) is 2.78. The molecule has 3 rings (SSSR count). The van der Waals surface area contributed by atoms with Crippen LogP contribution in [0.2, 0.25) is 0 Å². The predicted octanol–water partition coefficient (Wildman–Crippen LogP) is 1.26. The first kappa shape index (κ1) is 13.7. The summed E-state index contributed by atoms with van der Waals surface area (Å²) >= 11 is 0. The molecule has 0 aliphatic carbocycles. The lowest BCUT2D eigenvalue weighted by atomic mass is 10.2. The lowest BCUT2D eigenvalue weighted by Crippen LogP contribution is -2.47. The summed E-state index contributed by atoms with van der Waals surface area (Å²) in [5.41, 5.74) is 0.197. The van der Waals surface area contributed by atoms with Gasteiger partial charge in [0.15, 0.2) is 0 Å². The van der Waals surface area contributed by atoms with Crippen LogP contribution in [0.5, 0.6) is 0 Å². The fourth-order valence-electron chi connectivity index (χ4n) is 2.20. The molecule has 6 nitrogen and oxygen atoms in total. The van der Waals surface area contributed by atoms with Crippen LogP contribution in [0.3, 0.4) is 0 Å². The molecule has 0 radical (unpaired) electrons. The van der Waals surface area contributed by atoms with Crippen molar-refractivity contribution in [2.45, 2.75) is 0 Å². The number of benzene rings is 1. The van der Waals surface area contributed by atoms with Gasteiger partial charge >= 0.3 is 11.8 Å². The molecule has 1 saturated heterocycles. The van der Waals surface area contributed by atoms with E-state index >= 15 is 0 Å². The van der Waals surface area contributed by atoms with Crippen molar-refractivity contribution in [3.8, 4) is 11.5 Å². The van der Waals surface area contributed by atoms with E-state index in [0.717, 1.165) is 13.1 Å². The van der Waals surface area contributed by atoms with E-state index in [-0.39, 0.29) is 23.3 Å². The van der Waals surface area contributed by atoms with E-state index in [4.69, 9.17) is 4.42 Å². The fourth-order valence-corrected chi connectivity index (χ4v) is 2.20. The normalized spacial score (nSPS) is 16.2. The van der Waals surface area contributed by atoms with Crippen molar-refractivity contribution in [1.82, 2.24) is 20.0 Å². The summed E-state index contributed by atoms with van der Waals surface area (Å²) in [5, 5.41) is 7.50. The molecule has 1 aliphatic heterocycles. The zero-order valence-electron chi connectivity index (χ0n) is 11.6. The lowest BCUT2D eigenvalue weighted by molar-refractivity contribution is 0.0625. The number of likely N-dealkylation sites (N-methyl/N-ethyl adjacent to an activating group) is 1. The molecule has 7 heteroatoms. The molecule has 110 valence electrons. The maximum atomic E-state index is 13.7. The van der Waals surface area contributed by atoms with Crippen molar-refractivity contribution < 1.29 is 13.6 Å². The van der Waals surface area contributed by atoms with E-state index in [9.17, 15) is 9.18 Å². The van der Waals surface area contributed by atoms with Gasteiger partial charge in [-0.05, 0) is 19.2 Å². The van der Waals surface area contributed by atoms with Crippen LogP contribution in [-0.4, -0.2) is 59.1 Å². The molecule has 1 aliphatic rings. The van der Waals surface area contributed by atoms with E-state index in [1.165, 1.54) is 12.1 Å². The van der Waals surface area contributed by atoms with E-state index in [2.05, 4.69) is 15.1 Å². The molecular formula is C14H15FN4O2. The standard InChI is InChI=1S/C14H15FN4O2/c1-18-6-8-19(9-7-18)14(20)13-17-16-12(21-13)10-4-2-3-5-11(10)15/h2-5H,6-9H2,1H3. The number of nitrogens with zero attached hydrogens (tertiary/aromatic N) is 4. The SMILES string of the molecule is CN1CCN(C(=O)c2nnc(-c3ccccc3F)o2)CC1. The highest BCUT2D eigenvalue weighted by Gasteiger charge is 2.25. The monoisotopic (exact) mass is 290 g/mol. The Morgan fingerprint density at radius 3 is 2.62 bits per heavy atom. The number of carbonyl (C=O) groups excluding carboxylic acids is 1. The third-order valence-electron chi connectivity index (χ3n) is 3.50. The quantitative estimate of drug-likeness (QED) is 0.833. The van der Waals surface area contributed by atoms with Crippen LogP contribution in [0.1, 0.15) is 10.7 Å². The molecule has 0 spiro atoms. The largest absolute Gasteiger partial charge is 0.412 e. The minimum Gasteiger partial charge on any atom is -0.412 e. The second-order valence-electron chi connectivity index (χ2n) is 4.99. The Bertz CT molecular complexity index is 650. The molecule has 0 bridgehead atoms. The minimum absolute atomic E-state index is 0.0191. The highest BCUT2D eigenvalue weighted by Crippen LogP contribution is 2.21. The van der Waals surface area contributed by atoms with Crippen LogP contribution in [-0.2, 0) is 0 Å². The second kappa shape index (κ2) is 5.61. The summed E-state index contributed by atoms with van der Waals surface area (Å²) in [6, 6.07) is 6.09. The molecular weight excluding hydrogens is 275 g/mol. The van der Waals surface area contributed by atoms with Gasteiger partial charge in [0.2, 0.25) is 0 Å². The van der Waals surface area contributed by atoms with E-state index < -0.39 is 5.82 Å². The summed E-state index contributed by atoms with van der Waals surface area (Å²) in [6.07, 6.45) is 0. The number of halogens is 1. The van der Waals surface area contributed by atoms with Gasteiger partial charge < -0.3 is 14.2 Å². The van der Waals surface area contributed by atoms with E-state index in [1.807, 2.05) is 7.05 Å². The second-order valence-corrected chi connectivity index (χ2v) is 4.99. The molecule has 1 amide bonds. The molecule has 1 aromatic carbocycles. The molecule has 2 heterocycles. The van der Waals surface area contributed by atoms with Crippen LogP contribution < -0.4 is 0 Å². The number of hydrogen-bond donors (Lipinski definition) is 0. The van der Waals surface area contributed by atoms with Crippen molar-refractivity contribution in [2.24, 2.45) is 0 Å². The van der Waals surface area contributed by atoms with Crippen molar-refractivity contribution in [1.29, 1.82) is 0 Å². The highest BCUT2D eigenvalue weighted by atomic mass is 19.1. The van der Waals surface area contributed by atoms with Gasteiger partial charge in [0.25, 0.3) is 5.89 Å². The Hall–Kier alpha value is -2.28. The molecule has 0 atom stereocenters. The Morgan fingerprint density at radius 1 is 1.19 bits per heavy atom. The van der Waals surface area contributed by atoms with E-state index in [1.54, 1.807) is 17.0 Å². The zero-order chi connectivity index (χ0) is 14.8. The summed E-state index contributed by atoms with van der Waals surface area (Å²) in [6.45, 7) is 2.85. The Kier molecular flexibility index (Phi) is 3.66. The molecule has 1 fully saturated rings. The first-order chi connectivity index (χ1) is 10.1. The van der Waals surface area contributed by atoms with Gasteiger partial charge in [-0.1, -0.05) is 12.1 Å². The smallest absolute Gasteiger partial charge is 0.311 e. The van der Waals surface area contributed by atoms with E-state index in [0.29, 0.717) is 13.1 Å². The van der Waals surface area contributed by atoms with Gasteiger partial charge in [0.05, 0.1) is 5.56 Å². The number of piperazine rings is 1. The van der Waals surface area contributed by atoms with Crippen molar-refractivity contribution in [3.63, 3.8) is 0 Å². The average molecular weight is 290 g/mol. The Labute approximate surface area is 121 Å². The zero-order valence-corrected chi connectivity index (χ0v) is 11.6. The lowest BCUT2D eigenvalue weighted by Gasteiger charge is -2.31. The number of rotatable bonds is 2. The number of aromatic nitrogens is 2. The van der Waals surface area contributed by atoms with Crippen LogP contribution >= 0.6 is 0 Å². The van der Waals surface area contributed by atoms with Crippen LogP contribution in [0.15, 0.2) is 28.7 Å². The summed E-state index contributed by atoms with van der Waals surface area (Å²) in [5.74, 6) is -0.846. The van der Waals surface area contributed by atoms with Gasteiger partial charge in [-0.15, -0.1) is 10.2 Å². The van der Waals surface area contributed by atoms with Crippen molar-refractivity contribution >= 4 is 5.91 Å². The number of amides is 1. The summed E-state index contributed by atoms with van der Waals surface area (Å²) in [4.78, 5) is 16.1. The molecule has 0 unspecified atom stereocenters. The van der Waals surface area contributed by atoms with Crippen LogP contribution in [0.25, 0.3) is 11.5 Å². The summed E-state index contributed by atoms with van der Waals surface area (Å²) in [7, 11) is 2.00. The molecule has 1 aromatic heterocycles. The molecule has 2 aromatic rings. The molecule has 0 N–H and O–H groups in total. The topological polar surface area (TPSA) is 62.5 Å². The van der Waals surface area contributed by atoms with Gasteiger partial charge in [0, 0.05) is 26.2 Å². The van der Waals surface area contributed by atoms with Gasteiger partial charge in [0.1, 0.15) is 5.82 Å². The highest BCUT2D eigenvalue weighted by molar-refractivity contribution is 5.89. The van der Waals surface area contributed by atoms with Crippen LogP contribution in [0.4, 0.5) is 4.39 Å². The fraction of sp³-hybridized carbons (Fsp3) is 0.357. The van der Waals surface area contributed by atoms with Gasteiger partial charge in [-0.25, -0.2) is 4.39 Å². The molecule has 0 saturated carbocycles. The summed E-state index contributed by atoms with van der Waals surface area (Å²) < 4.78 is 19.0. The average Bonchev–Trinajstić information content (AvgIpc) is 2.97. The van der Waals surface area contributed by atoms with Crippen LogP contribution in [0, 0.1) is 5.82 Å².